The maximum atomic E-state index is 12.4. The minimum absolute atomic E-state index is 0.0318. The zero-order valence-electron chi connectivity index (χ0n) is 13.3. The Labute approximate surface area is 129 Å². The van der Waals surface area contributed by atoms with Crippen LogP contribution in [0.25, 0.3) is 0 Å². The van der Waals surface area contributed by atoms with E-state index in [4.69, 9.17) is 0 Å². The van der Waals surface area contributed by atoms with Gasteiger partial charge in [0, 0.05) is 44.4 Å². The molecule has 2 rings (SSSR count). The first-order valence-corrected chi connectivity index (χ1v) is 7.48. The van der Waals surface area contributed by atoms with Gasteiger partial charge in [-0.2, -0.15) is 0 Å². The molecule has 0 unspecified atom stereocenters. The highest BCUT2D eigenvalue weighted by atomic mass is 16.2. The van der Waals surface area contributed by atoms with Gasteiger partial charge >= 0.3 is 0 Å². The van der Waals surface area contributed by atoms with Gasteiger partial charge in [0.2, 0.25) is 11.8 Å². The number of hydrogen-bond acceptors (Lipinski definition) is 4. The summed E-state index contributed by atoms with van der Waals surface area (Å²) in [5, 5.41) is 0. The number of nitrogens with one attached hydrogen (secondary N) is 1. The Balaban J connectivity index is 2.07. The van der Waals surface area contributed by atoms with Crippen LogP contribution >= 0.6 is 0 Å². The molecule has 2 amide bonds. The van der Waals surface area contributed by atoms with Crippen molar-refractivity contribution in [3.05, 3.63) is 27.4 Å². The fourth-order valence-corrected chi connectivity index (χ4v) is 2.70. The van der Waals surface area contributed by atoms with Crippen molar-refractivity contribution in [3.63, 3.8) is 0 Å². The van der Waals surface area contributed by atoms with Gasteiger partial charge in [-0.15, -0.1) is 0 Å². The molecule has 1 N–H and O–H groups in total. The van der Waals surface area contributed by atoms with E-state index in [-0.39, 0.29) is 23.8 Å². The maximum Gasteiger partial charge on any atom is 0.254 e. The van der Waals surface area contributed by atoms with Crippen molar-refractivity contribution in [2.75, 3.05) is 26.2 Å². The molecule has 1 aromatic rings. The van der Waals surface area contributed by atoms with Crippen LogP contribution in [0.2, 0.25) is 0 Å². The molecule has 0 bridgehead atoms. The van der Waals surface area contributed by atoms with E-state index in [9.17, 15) is 14.4 Å². The van der Waals surface area contributed by atoms with Crippen molar-refractivity contribution in [2.24, 2.45) is 0 Å². The van der Waals surface area contributed by atoms with Crippen LogP contribution in [0.1, 0.15) is 30.4 Å². The molecule has 1 fully saturated rings. The van der Waals surface area contributed by atoms with E-state index in [2.05, 4.69) is 9.97 Å². The third kappa shape index (κ3) is 3.72. The average molecular weight is 306 g/mol. The van der Waals surface area contributed by atoms with Gasteiger partial charge in [0.1, 0.15) is 5.82 Å². The van der Waals surface area contributed by atoms with Crippen molar-refractivity contribution in [1.82, 2.24) is 19.8 Å². The lowest BCUT2D eigenvalue weighted by molar-refractivity contribution is -0.132. The quantitative estimate of drug-likeness (QED) is 0.834. The molecule has 0 aromatic carbocycles. The van der Waals surface area contributed by atoms with Crippen LogP contribution < -0.4 is 5.56 Å². The van der Waals surface area contributed by atoms with Crippen LogP contribution in [0, 0.1) is 13.8 Å². The number of carbonyl (C=O) groups is 2. The zero-order valence-corrected chi connectivity index (χ0v) is 13.3. The minimum atomic E-state index is -0.251. The molecule has 0 atom stereocenters. The molecule has 22 heavy (non-hydrogen) atoms. The SMILES string of the molecule is CC(=O)N1CCCN(C(=O)Cc2c(C)nc(C)[nH]c2=O)CC1. The van der Waals surface area contributed by atoms with Crippen LogP contribution in [-0.4, -0.2) is 57.8 Å². The number of carbonyl (C=O) groups excluding carboxylic acids is 2. The monoisotopic (exact) mass is 306 g/mol. The highest BCUT2D eigenvalue weighted by Gasteiger charge is 2.22. The number of rotatable bonds is 2. The number of aryl methyl sites for hydroxylation is 2. The number of aromatic nitrogens is 2. The first kappa shape index (κ1) is 16.2. The highest BCUT2D eigenvalue weighted by Crippen LogP contribution is 2.07. The summed E-state index contributed by atoms with van der Waals surface area (Å²) in [4.78, 5) is 46.1. The second-order valence-electron chi connectivity index (χ2n) is 5.63. The number of aromatic amines is 1. The predicted octanol–water partition coefficient (Wildman–Crippen LogP) is 0.0100. The van der Waals surface area contributed by atoms with Crippen molar-refractivity contribution in [2.45, 2.75) is 33.6 Å². The molecule has 7 heteroatoms. The fraction of sp³-hybridized carbons (Fsp3) is 0.600. The lowest BCUT2D eigenvalue weighted by Crippen LogP contribution is -2.38. The second-order valence-corrected chi connectivity index (χ2v) is 5.63. The van der Waals surface area contributed by atoms with E-state index in [0.29, 0.717) is 43.3 Å². The number of nitrogens with zero attached hydrogens (tertiary/aromatic N) is 3. The van der Waals surface area contributed by atoms with Gasteiger partial charge in [-0.1, -0.05) is 0 Å². The van der Waals surface area contributed by atoms with Crippen LogP contribution in [0.4, 0.5) is 0 Å². The van der Waals surface area contributed by atoms with Gasteiger partial charge in [0.15, 0.2) is 0 Å². The van der Waals surface area contributed by atoms with E-state index in [1.54, 1.807) is 30.6 Å². The molecular weight excluding hydrogens is 284 g/mol. The smallest absolute Gasteiger partial charge is 0.254 e. The Morgan fingerprint density at radius 3 is 2.41 bits per heavy atom. The molecule has 1 aromatic heterocycles. The Morgan fingerprint density at radius 2 is 1.77 bits per heavy atom. The Bertz CT molecular complexity index is 638. The van der Waals surface area contributed by atoms with Crippen molar-refractivity contribution in [3.8, 4) is 0 Å². The van der Waals surface area contributed by atoms with Crippen LogP contribution in [-0.2, 0) is 16.0 Å². The van der Waals surface area contributed by atoms with Gasteiger partial charge in [0.25, 0.3) is 5.56 Å². The lowest BCUT2D eigenvalue weighted by atomic mass is 10.1. The normalized spacial score (nSPS) is 15.6. The maximum absolute atomic E-state index is 12.4. The third-order valence-electron chi connectivity index (χ3n) is 3.96. The predicted molar refractivity (Wildman–Crippen MR) is 81.5 cm³/mol. The van der Waals surface area contributed by atoms with E-state index < -0.39 is 0 Å². The third-order valence-corrected chi connectivity index (χ3v) is 3.96. The van der Waals surface area contributed by atoms with Gasteiger partial charge in [-0.25, -0.2) is 4.98 Å². The highest BCUT2D eigenvalue weighted by molar-refractivity contribution is 5.79. The first-order chi connectivity index (χ1) is 10.4. The Morgan fingerprint density at radius 1 is 1.14 bits per heavy atom. The van der Waals surface area contributed by atoms with Crippen LogP contribution in [0.5, 0.6) is 0 Å². The summed E-state index contributed by atoms with van der Waals surface area (Å²) in [6.07, 6.45) is 0.807. The van der Waals surface area contributed by atoms with E-state index >= 15 is 0 Å². The number of amides is 2. The molecule has 2 heterocycles. The molecule has 0 radical (unpaired) electrons. The van der Waals surface area contributed by atoms with Crippen molar-refractivity contribution in [1.29, 1.82) is 0 Å². The number of H-pyrrole nitrogens is 1. The average Bonchev–Trinajstić information content (AvgIpc) is 2.68. The first-order valence-electron chi connectivity index (χ1n) is 7.48. The summed E-state index contributed by atoms with van der Waals surface area (Å²) >= 11 is 0. The number of hydrogen-bond donors (Lipinski definition) is 1. The van der Waals surface area contributed by atoms with Crippen LogP contribution in [0.15, 0.2) is 4.79 Å². The minimum Gasteiger partial charge on any atom is -0.341 e. The van der Waals surface area contributed by atoms with Crippen molar-refractivity contribution >= 4 is 11.8 Å². The van der Waals surface area contributed by atoms with E-state index in [0.717, 1.165) is 6.42 Å². The topological polar surface area (TPSA) is 86.4 Å². The molecule has 0 spiro atoms. The molecule has 1 aliphatic rings. The Kier molecular flexibility index (Phi) is 4.95. The molecule has 1 aliphatic heterocycles. The molecular formula is C15H22N4O3. The van der Waals surface area contributed by atoms with Gasteiger partial charge in [0.05, 0.1) is 6.42 Å². The van der Waals surface area contributed by atoms with Gasteiger partial charge in [-0.05, 0) is 20.3 Å². The fourth-order valence-electron chi connectivity index (χ4n) is 2.70. The summed E-state index contributed by atoms with van der Waals surface area (Å²) in [6.45, 7) is 7.33. The Hall–Kier alpha value is -2.18. The summed E-state index contributed by atoms with van der Waals surface area (Å²) in [5.74, 6) is 0.486. The van der Waals surface area contributed by atoms with E-state index in [1.807, 2.05) is 0 Å². The molecule has 0 saturated carbocycles. The zero-order chi connectivity index (χ0) is 16.3. The molecule has 0 aliphatic carbocycles. The van der Waals surface area contributed by atoms with Crippen LogP contribution in [0.3, 0.4) is 0 Å². The molecule has 120 valence electrons. The summed E-state index contributed by atoms with van der Waals surface area (Å²) < 4.78 is 0. The lowest BCUT2D eigenvalue weighted by Gasteiger charge is -2.21. The van der Waals surface area contributed by atoms with Gasteiger partial charge in [-0.3, -0.25) is 14.4 Å². The van der Waals surface area contributed by atoms with Crippen molar-refractivity contribution < 1.29 is 9.59 Å². The largest absolute Gasteiger partial charge is 0.341 e. The van der Waals surface area contributed by atoms with E-state index in [1.165, 1.54) is 0 Å². The standard InChI is InChI=1S/C15H22N4O3/c1-10-13(15(22)17-11(2)16-10)9-14(21)19-6-4-5-18(7-8-19)12(3)20/h4-9H2,1-3H3,(H,16,17,22). The van der Waals surface area contributed by atoms with Gasteiger partial charge < -0.3 is 14.8 Å². The summed E-state index contributed by atoms with van der Waals surface area (Å²) in [7, 11) is 0. The molecule has 1 saturated heterocycles. The second kappa shape index (κ2) is 6.72. The molecule has 7 nitrogen and oxygen atoms in total. The summed E-state index contributed by atoms with van der Waals surface area (Å²) in [5.41, 5.74) is 0.761. The summed E-state index contributed by atoms with van der Waals surface area (Å²) in [6, 6.07) is 0.